The predicted octanol–water partition coefficient (Wildman–Crippen LogP) is 2.65. The second-order valence-corrected chi connectivity index (χ2v) is 9.38. The summed E-state index contributed by atoms with van der Waals surface area (Å²) in [6.07, 6.45) is 1.00. The van der Waals surface area contributed by atoms with Gasteiger partial charge in [0.1, 0.15) is 33.1 Å². The van der Waals surface area contributed by atoms with Crippen molar-refractivity contribution in [2.24, 2.45) is 10.1 Å². The van der Waals surface area contributed by atoms with Crippen LogP contribution in [0.25, 0.3) is 0 Å². The standard InChI is InChI=1S/C14H17BrF2N4OS/c1-13(8-18)5-2-6-20-23(13,22)9-14(19,7-16)12-10(17)3-4-11(15)21-12/h3-4H,2,5-7,9,19H2,1H3/t13-,14+,23-/m1/s1. The molecule has 0 radical (unpaired) electrons. The average Bonchev–Trinajstić information content (AvgIpc) is 2.52. The Morgan fingerprint density at radius 1 is 1.61 bits per heavy atom. The molecule has 3 atom stereocenters. The number of hydrogen-bond donors (Lipinski definition) is 1. The van der Waals surface area contributed by atoms with Gasteiger partial charge in [-0.1, -0.05) is 0 Å². The lowest BCUT2D eigenvalue weighted by Crippen LogP contribution is -2.52. The predicted molar refractivity (Wildman–Crippen MR) is 87.3 cm³/mol. The Balaban J connectivity index is 2.54. The number of alkyl halides is 1. The molecule has 2 heterocycles. The van der Waals surface area contributed by atoms with Crippen LogP contribution in [0.15, 0.2) is 21.1 Å². The van der Waals surface area contributed by atoms with Gasteiger partial charge in [0, 0.05) is 6.54 Å². The number of nitrogens with two attached hydrogens (primary N) is 1. The third-order valence-corrected chi connectivity index (χ3v) is 7.68. The molecule has 1 aromatic heterocycles. The Morgan fingerprint density at radius 2 is 2.30 bits per heavy atom. The van der Waals surface area contributed by atoms with Crippen molar-refractivity contribution in [3.05, 3.63) is 28.2 Å². The minimum absolute atomic E-state index is 0.288. The Hall–Kier alpha value is -1.11. The van der Waals surface area contributed by atoms with Crippen LogP contribution in [0.4, 0.5) is 8.78 Å². The molecule has 1 aromatic rings. The minimum atomic E-state index is -3.15. The van der Waals surface area contributed by atoms with Gasteiger partial charge in [0.05, 0.1) is 21.6 Å². The van der Waals surface area contributed by atoms with Gasteiger partial charge in [0.15, 0.2) is 0 Å². The van der Waals surface area contributed by atoms with E-state index in [4.69, 9.17) is 5.73 Å². The summed E-state index contributed by atoms with van der Waals surface area (Å²) < 4.78 is 44.2. The van der Waals surface area contributed by atoms with Crippen LogP contribution >= 0.6 is 15.9 Å². The number of nitriles is 1. The zero-order chi connectivity index (χ0) is 17.3. The van der Waals surface area contributed by atoms with E-state index in [-0.39, 0.29) is 10.3 Å². The molecule has 2 N–H and O–H groups in total. The summed E-state index contributed by atoms with van der Waals surface area (Å²) >= 11 is 3.09. The van der Waals surface area contributed by atoms with Gasteiger partial charge in [0.25, 0.3) is 0 Å². The summed E-state index contributed by atoms with van der Waals surface area (Å²) in [6.45, 7) is 0.676. The fraction of sp³-hybridized carbons (Fsp3) is 0.571. The summed E-state index contributed by atoms with van der Waals surface area (Å²) in [6, 6.07) is 4.50. The number of rotatable bonds is 4. The first-order valence-corrected chi connectivity index (χ1v) is 9.46. The summed E-state index contributed by atoms with van der Waals surface area (Å²) in [5.74, 6) is -1.24. The SMILES string of the molecule is C[C@]1(C#N)CCCN=[S@@]1(=O)C[C@@](N)(CF)c1nc(Br)ccc1F. The highest BCUT2D eigenvalue weighted by atomic mass is 79.9. The zero-order valence-corrected chi connectivity index (χ0v) is 15.0. The van der Waals surface area contributed by atoms with Crippen molar-refractivity contribution < 1.29 is 13.0 Å². The molecule has 126 valence electrons. The summed E-state index contributed by atoms with van der Waals surface area (Å²) in [7, 11) is -3.15. The molecule has 0 bridgehead atoms. The second kappa shape index (κ2) is 6.42. The van der Waals surface area contributed by atoms with E-state index in [9.17, 15) is 18.3 Å². The Bertz CT molecular complexity index is 775. The maximum absolute atomic E-state index is 14.1. The van der Waals surface area contributed by atoms with Crippen molar-refractivity contribution in [3.63, 3.8) is 0 Å². The molecule has 0 fully saturated rings. The van der Waals surface area contributed by atoms with Crippen LogP contribution in [-0.2, 0) is 15.3 Å². The molecular formula is C14H17BrF2N4OS. The molecule has 0 saturated carbocycles. The molecule has 0 aliphatic carbocycles. The van der Waals surface area contributed by atoms with Crippen LogP contribution in [-0.4, -0.2) is 32.9 Å². The summed E-state index contributed by atoms with van der Waals surface area (Å²) in [4.78, 5) is 3.91. The van der Waals surface area contributed by atoms with E-state index in [0.717, 1.165) is 6.07 Å². The molecular weight excluding hydrogens is 390 g/mol. The Kier molecular flexibility index (Phi) is 5.09. The van der Waals surface area contributed by atoms with Crippen molar-refractivity contribution >= 4 is 25.7 Å². The Labute approximate surface area is 142 Å². The maximum Gasteiger partial charge on any atom is 0.146 e. The first kappa shape index (κ1) is 18.2. The minimum Gasteiger partial charge on any atom is -0.317 e. The van der Waals surface area contributed by atoms with E-state index < -0.39 is 38.3 Å². The normalized spacial score (nSPS) is 30.1. The number of aromatic nitrogens is 1. The molecule has 0 spiro atoms. The molecule has 9 heteroatoms. The van der Waals surface area contributed by atoms with Crippen molar-refractivity contribution in [2.45, 2.75) is 30.1 Å². The topological polar surface area (TPSA) is 92.1 Å². The number of nitrogens with zero attached hydrogens (tertiary/aromatic N) is 3. The molecule has 5 nitrogen and oxygen atoms in total. The Morgan fingerprint density at radius 3 is 2.91 bits per heavy atom. The molecule has 1 aliphatic heterocycles. The molecule has 0 amide bonds. The second-order valence-electron chi connectivity index (χ2n) is 5.84. The third kappa shape index (κ3) is 3.25. The van der Waals surface area contributed by atoms with Crippen LogP contribution in [0.2, 0.25) is 0 Å². The van der Waals surface area contributed by atoms with Crippen LogP contribution in [0, 0.1) is 17.1 Å². The fourth-order valence-corrected chi connectivity index (χ4v) is 5.50. The number of halogens is 3. The fourth-order valence-electron chi connectivity index (χ4n) is 2.55. The molecule has 1 aliphatic rings. The third-order valence-electron chi connectivity index (χ3n) is 4.03. The number of hydrogen-bond acceptors (Lipinski definition) is 5. The van der Waals surface area contributed by atoms with Gasteiger partial charge in [-0.15, -0.1) is 0 Å². The van der Waals surface area contributed by atoms with Crippen LogP contribution in [0.3, 0.4) is 0 Å². The smallest absolute Gasteiger partial charge is 0.146 e. The van der Waals surface area contributed by atoms with Gasteiger partial charge >= 0.3 is 0 Å². The lowest BCUT2D eigenvalue weighted by molar-refractivity contribution is 0.319. The van der Waals surface area contributed by atoms with Crippen molar-refractivity contribution in [2.75, 3.05) is 19.0 Å². The summed E-state index contributed by atoms with van der Waals surface area (Å²) in [5.41, 5.74) is 3.80. The van der Waals surface area contributed by atoms with Gasteiger partial charge in [-0.25, -0.2) is 22.3 Å². The quantitative estimate of drug-likeness (QED) is 0.777. The first-order valence-electron chi connectivity index (χ1n) is 6.98. The zero-order valence-electron chi connectivity index (χ0n) is 12.6. The van der Waals surface area contributed by atoms with Crippen molar-refractivity contribution in [1.82, 2.24) is 4.98 Å². The summed E-state index contributed by atoms with van der Waals surface area (Å²) in [5, 5.41) is 9.40. The van der Waals surface area contributed by atoms with E-state index in [1.165, 1.54) is 13.0 Å². The van der Waals surface area contributed by atoms with Gasteiger partial charge in [0.2, 0.25) is 0 Å². The van der Waals surface area contributed by atoms with Gasteiger partial charge < -0.3 is 5.73 Å². The highest BCUT2D eigenvalue weighted by Crippen LogP contribution is 2.34. The van der Waals surface area contributed by atoms with Crippen molar-refractivity contribution in [3.8, 4) is 6.07 Å². The van der Waals surface area contributed by atoms with Crippen LogP contribution in [0.1, 0.15) is 25.5 Å². The van der Waals surface area contributed by atoms with Crippen molar-refractivity contribution in [1.29, 1.82) is 5.26 Å². The van der Waals surface area contributed by atoms with Crippen LogP contribution in [0.5, 0.6) is 0 Å². The van der Waals surface area contributed by atoms with E-state index in [1.54, 1.807) is 0 Å². The molecule has 23 heavy (non-hydrogen) atoms. The lowest BCUT2D eigenvalue weighted by atomic mass is 10.00. The van der Waals surface area contributed by atoms with Gasteiger partial charge in [-0.3, -0.25) is 0 Å². The highest BCUT2D eigenvalue weighted by molar-refractivity contribution is 9.10. The molecule has 0 aromatic carbocycles. The van der Waals surface area contributed by atoms with E-state index in [2.05, 4.69) is 25.3 Å². The highest BCUT2D eigenvalue weighted by Gasteiger charge is 2.46. The lowest BCUT2D eigenvalue weighted by Gasteiger charge is -2.35. The maximum atomic E-state index is 14.1. The molecule has 2 rings (SSSR count). The van der Waals surface area contributed by atoms with E-state index >= 15 is 0 Å². The number of pyridine rings is 1. The first-order chi connectivity index (χ1) is 10.7. The molecule has 0 saturated heterocycles. The van der Waals surface area contributed by atoms with Crippen LogP contribution < -0.4 is 5.73 Å². The largest absolute Gasteiger partial charge is 0.317 e. The average molecular weight is 407 g/mol. The van der Waals surface area contributed by atoms with E-state index in [0.29, 0.717) is 19.4 Å². The molecule has 0 unspecified atom stereocenters. The van der Waals surface area contributed by atoms with Gasteiger partial charge in [-0.2, -0.15) is 5.26 Å². The van der Waals surface area contributed by atoms with Gasteiger partial charge in [-0.05, 0) is 47.8 Å². The van der Waals surface area contributed by atoms with E-state index in [1.807, 2.05) is 6.07 Å². The monoisotopic (exact) mass is 406 g/mol.